The van der Waals surface area contributed by atoms with E-state index in [1.807, 2.05) is 26.0 Å². The minimum atomic E-state index is 0.132. The third-order valence-electron chi connectivity index (χ3n) is 4.70. The van der Waals surface area contributed by atoms with Gasteiger partial charge in [0.2, 0.25) is 0 Å². The van der Waals surface area contributed by atoms with Crippen LogP contribution in [0.3, 0.4) is 0 Å². The molecule has 1 aliphatic carbocycles. The molecule has 116 valence electrons. The summed E-state index contributed by atoms with van der Waals surface area (Å²) in [6, 6.07) is 3.82. The second-order valence-corrected chi connectivity index (χ2v) is 6.43. The van der Waals surface area contributed by atoms with E-state index < -0.39 is 0 Å². The molecular weight excluding hydrogens is 264 g/mol. The largest absolute Gasteiger partial charge is 0.490 e. The Morgan fingerprint density at radius 2 is 1.81 bits per heavy atom. The number of oxime groups is 1. The van der Waals surface area contributed by atoms with Gasteiger partial charge in [-0.05, 0) is 68.2 Å². The third kappa shape index (κ3) is 3.49. The number of aryl methyl sites for hydroxylation is 2. The first kappa shape index (κ1) is 15.7. The zero-order valence-electron chi connectivity index (χ0n) is 13.4. The number of hydrogen-bond donors (Lipinski definition) is 2. The number of benzene rings is 1. The highest BCUT2D eigenvalue weighted by Gasteiger charge is 2.26. The molecule has 3 atom stereocenters. The number of nitrogens with zero attached hydrogens (tertiary/aromatic N) is 1. The van der Waals surface area contributed by atoms with E-state index >= 15 is 0 Å². The predicted octanol–water partition coefficient (Wildman–Crippen LogP) is 3.60. The average Bonchev–Trinajstić information content (AvgIpc) is 2.45. The van der Waals surface area contributed by atoms with Crippen LogP contribution in [0.2, 0.25) is 0 Å². The van der Waals surface area contributed by atoms with Gasteiger partial charge < -0.3 is 15.7 Å². The van der Waals surface area contributed by atoms with Gasteiger partial charge in [0.15, 0.2) is 5.84 Å². The molecule has 0 aromatic heterocycles. The molecule has 0 saturated heterocycles. The standard InChI is InChI=1S/C17H26N2O2/c1-10-5-6-15(9-11(10)2)21-16-12(3)7-14(8-13(16)4)17(18)19-20/h7-8,10-11,15,20H,5-6,9H2,1-4H3,(H2,18,19). The molecule has 2 rings (SSSR count). The number of ether oxygens (including phenoxy) is 1. The van der Waals surface area contributed by atoms with E-state index in [0.717, 1.165) is 41.2 Å². The van der Waals surface area contributed by atoms with Crippen LogP contribution in [0.25, 0.3) is 0 Å². The Morgan fingerprint density at radius 1 is 1.19 bits per heavy atom. The van der Waals surface area contributed by atoms with Crippen LogP contribution in [0, 0.1) is 25.7 Å². The molecule has 0 amide bonds. The fourth-order valence-electron chi connectivity index (χ4n) is 3.11. The maximum atomic E-state index is 8.79. The summed E-state index contributed by atoms with van der Waals surface area (Å²) in [4.78, 5) is 0. The van der Waals surface area contributed by atoms with Gasteiger partial charge in [0.25, 0.3) is 0 Å². The van der Waals surface area contributed by atoms with Crippen molar-refractivity contribution in [2.24, 2.45) is 22.7 Å². The summed E-state index contributed by atoms with van der Waals surface area (Å²) in [7, 11) is 0. The third-order valence-corrected chi connectivity index (χ3v) is 4.70. The Balaban J connectivity index is 2.17. The lowest BCUT2D eigenvalue weighted by Crippen LogP contribution is -2.29. The van der Waals surface area contributed by atoms with E-state index in [-0.39, 0.29) is 5.84 Å². The summed E-state index contributed by atoms with van der Waals surface area (Å²) in [5.74, 6) is 2.57. The van der Waals surface area contributed by atoms with Crippen molar-refractivity contribution in [2.45, 2.75) is 53.1 Å². The Morgan fingerprint density at radius 3 is 2.33 bits per heavy atom. The summed E-state index contributed by atoms with van der Waals surface area (Å²) in [6.07, 6.45) is 3.75. The summed E-state index contributed by atoms with van der Waals surface area (Å²) < 4.78 is 6.26. The molecule has 1 aliphatic rings. The minimum Gasteiger partial charge on any atom is -0.490 e. The molecule has 0 heterocycles. The molecule has 3 N–H and O–H groups in total. The van der Waals surface area contributed by atoms with Crippen molar-refractivity contribution in [3.8, 4) is 5.75 Å². The van der Waals surface area contributed by atoms with Crippen LogP contribution in [0.15, 0.2) is 17.3 Å². The fourth-order valence-corrected chi connectivity index (χ4v) is 3.11. The van der Waals surface area contributed by atoms with Gasteiger partial charge >= 0.3 is 0 Å². The molecule has 0 bridgehead atoms. The molecule has 4 heteroatoms. The second-order valence-electron chi connectivity index (χ2n) is 6.43. The van der Waals surface area contributed by atoms with Gasteiger partial charge in [0.05, 0.1) is 6.10 Å². The molecule has 3 unspecified atom stereocenters. The Bertz CT molecular complexity index is 517. The topological polar surface area (TPSA) is 67.8 Å². The van der Waals surface area contributed by atoms with Crippen molar-refractivity contribution in [3.05, 3.63) is 28.8 Å². The number of hydrogen-bond acceptors (Lipinski definition) is 3. The summed E-state index contributed by atoms with van der Waals surface area (Å²) in [6.45, 7) is 8.64. The Hall–Kier alpha value is -1.71. The van der Waals surface area contributed by atoms with Crippen molar-refractivity contribution < 1.29 is 9.94 Å². The van der Waals surface area contributed by atoms with Crippen LogP contribution in [0.5, 0.6) is 5.75 Å². The summed E-state index contributed by atoms with van der Waals surface area (Å²) >= 11 is 0. The maximum Gasteiger partial charge on any atom is 0.170 e. The highest BCUT2D eigenvalue weighted by molar-refractivity contribution is 5.97. The van der Waals surface area contributed by atoms with Crippen molar-refractivity contribution >= 4 is 5.84 Å². The number of nitrogens with two attached hydrogens (primary N) is 1. The fraction of sp³-hybridized carbons (Fsp3) is 0.588. The molecule has 4 nitrogen and oxygen atoms in total. The molecule has 0 radical (unpaired) electrons. The molecular formula is C17H26N2O2. The lowest BCUT2D eigenvalue weighted by Gasteiger charge is -2.33. The minimum absolute atomic E-state index is 0.132. The lowest BCUT2D eigenvalue weighted by molar-refractivity contribution is 0.0993. The summed E-state index contributed by atoms with van der Waals surface area (Å²) in [5.41, 5.74) is 8.45. The van der Waals surface area contributed by atoms with Crippen LogP contribution in [0.4, 0.5) is 0 Å². The first-order valence-electron chi connectivity index (χ1n) is 7.68. The van der Waals surface area contributed by atoms with Gasteiger partial charge in [0, 0.05) is 5.56 Å². The van der Waals surface area contributed by atoms with Crippen LogP contribution in [0.1, 0.15) is 49.8 Å². The quantitative estimate of drug-likeness (QED) is 0.387. The number of amidine groups is 1. The van der Waals surface area contributed by atoms with Gasteiger partial charge in [-0.3, -0.25) is 0 Å². The van der Waals surface area contributed by atoms with E-state index in [1.165, 1.54) is 6.42 Å². The van der Waals surface area contributed by atoms with Crippen molar-refractivity contribution in [1.82, 2.24) is 0 Å². The summed E-state index contributed by atoms with van der Waals surface area (Å²) in [5, 5.41) is 11.8. The first-order valence-corrected chi connectivity index (χ1v) is 7.68. The molecule has 21 heavy (non-hydrogen) atoms. The van der Waals surface area contributed by atoms with E-state index in [4.69, 9.17) is 15.7 Å². The molecule has 1 aromatic carbocycles. The monoisotopic (exact) mass is 290 g/mol. The lowest BCUT2D eigenvalue weighted by atomic mass is 9.80. The van der Waals surface area contributed by atoms with Gasteiger partial charge in [-0.2, -0.15) is 0 Å². The van der Waals surface area contributed by atoms with Crippen LogP contribution in [-0.2, 0) is 0 Å². The maximum absolute atomic E-state index is 8.79. The predicted molar refractivity (Wildman–Crippen MR) is 85.0 cm³/mol. The molecule has 0 aliphatic heterocycles. The molecule has 1 aromatic rings. The van der Waals surface area contributed by atoms with E-state index in [9.17, 15) is 0 Å². The highest BCUT2D eigenvalue weighted by atomic mass is 16.5. The van der Waals surface area contributed by atoms with Crippen molar-refractivity contribution in [1.29, 1.82) is 0 Å². The highest BCUT2D eigenvalue weighted by Crippen LogP contribution is 2.34. The first-order chi connectivity index (χ1) is 9.92. The zero-order chi connectivity index (χ0) is 15.6. The number of rotatable bonds is 3. The van der Waals surface area contributed by atoms with Crippen LogP contribution >= 0.6 is 0 Å². The van der Waals surface area contributed by atoms with Crippen LogP contribution in [-0.4, -0.2) is 17.1 Å². The van der Waals surface area contributed by atoms with E-state index in [1.54, 1.807) is 0 Å². The van der Waals surface area contributed by atoms with Gasteiger partial charge in [-0.15, -0.1) is 0 Å². The zero-order valence-corrected chi connectivity index (χ0v) is 13.4. The Labute approximate surface area is 127 Å². The average molecular weight is 290 g/mol. The van der Waals surface area contributed by atoms with Crippen molar-refractivity contribution in [2.75, 3.05) is 0 Å². The van der Waals surface area contributed by atoms with E-state index in [2.05, 4.69) is 19.0 Å². The Kier molecular flexibility index (Phi) is 4.76. The molecule has 1 fully saturated rings. The van der Waals surface area contributed by atoms with Crippen molar-refractivity contribution in [3.63, 3.8) is 0 Å². The SMILES string of the molecule is Cc1cc(C(N)=NO)cc(C)c1OC1CCC(C)C(C)C1. The molecule has 0 spiro atoms. The van der Waals surface area contributed by atoms with E-state index in [0.29, 0.717) is 12.0 Å². The van der Waals surface area contributed by atoms with Crippen LogP contribution < -0.4 is 10.5 Å². The van der Waals surface area contributed by atoms with Gasteiger partial charge in [-0.1, -0.05) is 19.0 Å². The van der Waals surface area contributed by atoms with Gasteiger partial charge in [-0.25, -0.2) is 0 Å². The smallest absolute Gasteiger partial charge is 0.170 e. The molecule has 1 saturated carbocycles. The second kappa shape index (κ2) is 6.37. The van der Waals surface area contributed by atoms with Gasteiger partial charge in [0.1, 0.15) is 5.75 Å². The normalized spacial score (nSPS) is 26.7.